The highest BCUT2D eigenvalue weighted by Gasteiger charge is 2.38. The number of nitrogens with zero attached hydrogens (tertiary/aromatic N) is 1. The van der Waals surface area contributed by atoms with Crippen molar-refractivity contribution in [3.8, 4) is 0 Å². The van der Waals surface area contributed by atoms with Gasteiger partial charge in [-0.05, 0) is 6.92 Å². The molecule has 0 saturated carbocycles. The molecular formula is C11H15F3N2O3. The lowest BCUT2D eigenvalue weighted by atomic mass is 10.0. The van der Waals surface area contributed by atoms with Gasteiger partial charge >= 0.3 is 6.18 Å². The van der Waals surface area contributed by atoms with Crippen molar-refractivity contribution < 1.29 is 27.6 Å². The van der Waals surface area contributed by atoms with Gasteiger partial charge in [0.1, 0.15) is 5.56 Å². The molecule has 0 aliphatic carbocycles. The van der Waals surface area contributed by atoms with Crippen LogP contribution in [0.15, 0.2) is 4.52 Å². The van der Waals surface area contributed by atoms with Crippen molar-refractivity contribution in [2.24, 2.45) is 0 Å². The summed E-state index contributed by atoms with van der Waals surface area (Å²) in [7, 11) is 0. The van der Waals surface area contributed by atoms with Gasteiger partial charge in [0.05, 0.1) is 12.2 Å². The first kappa shape index (κ1) is 15.5. The highest BCUT2D eigenvalue weighted by atomic mass is 19.4. The molecule has 1 unspecified atom stereocenters. The van der Waals surface area contributed by atoms with Gasteiger partial charge < -0.3 is 14.9 Å². The number of carbonyl (C=O) groups is 1. The van der Waals surface area contributed by atoms with Crippen LogP contribution in [0.25, 0.3) is 0 Å². The predicted octanol–water partition coefficient (Wildman–Crippen LogP) is 1.76. The maximum atomic E-state index is 12.1. The second-order valence-electron chi connectivity index (χ2n) is 4.43. The van der Waals surface area contributed by atoms with Gasteiger partial charge in [0.15, 0.2) is 11.9 Å². The molecule has 1 atom stereocenters. The van der Waals surface area contributed by atoms with Gasteiger partial charge in [-0.2, -0.15) is 13.2 Å². The second kappa shape index (κ2) is 5.60. The van der Waals surface area contributed by atoms with E-state index in [1.54, 1.807) is 13.8 Å². The topological polar surface area (TPSA) is 75.4 Å². The van der Waals surface area contributed by atoms with Crippen LogP contribution in [0.1, 0.15) is 41.6 Å². The van der Waals surface area contributed by atoms with E-state index >= 15 is 0 Å². The minimum atomic E-state index is -4.77. The maximum absolute atomic E-state index is 12.1. The third-order valence-electron chi connectivity index (χ3n) is 2.47. The lowest BCUT2D eigenvalue weighted by Crippen LogP contribution is -2.41. The summed E-state index contributed by atoms with van der Waals surface area (Å²) in [6, 6.07) is 0. The summed E-state index contributed by atoms with van der Waals surface area (Å²) < 4.78 is 41.2. The van der Waals surface area contributed by atoms with Gasteiger partial charge in [-0.25, -0.2) is 0 Å². The highest BCUT2D eigenvalue weighted by molar-refractivity contribution is 5.96. The lowest BCUT2D eigenvalue weighted by molar-refractivity contribution is -0.201. The molecule has 0 radical (unpaired) electrons. The smallest absolute Gasteiger partial charge is 0.382 e. The molecule has 108 valence electrons. The molecular weight excluding hydrogens is 265 g/mol. The zero-order chi connectivity index (χ0) is 14.8. The summed E-state index contributed by atoms with van der Waals surface area (Å²) >= 11 is 0. The summed E-state index contributed by atoms with van der Waals surface area (Å²) in [6.45, 7) is 4.14. The molecule has 5 nitrogen and oxygen atoms in total. The maximum Gasteiger partial charge on any atom is 0.416 e. The first-order chi connectivity index (χ1) is 8.64. The number of amides is 1. The van der Waals surface area contributed by atoms with Crippen molar-refractivity contribution in [1.82, 2.24) is 10.5 Å². The van der Waals surface area contributed by atoms with Gasteiger partial charge in [0.25, 0.3) is 5.91 Å². The number of aliphatic hydroxyl groups is 1. The van der Waals surface area contributed by atoms with Crippen molar-refractivity contribution in [1.29, 1.82) is 0 Å². The number of rotatable bonds is 4. The van der Waals surface area contributed by atoms with Gasteiger partial charge in [-0.1, -0.05) is 19.0 Å². The van der Waals surface area contributed by atoms with Crippen LogP contribution in [0.3, 0.4) is 0 Å². The summed E-state index contributed by atoms with van der Waals surface area (Å²) in [5.41, 5.74) is 0.409. The lowest BCUT2D eigenvalue weighted by Gasteiger charge is -2.15. The zero-order valence-corrected chi connectivity index (χ0v) is 10.7. The number of nitrogens with one attached hydrogen (secondary N) is 1. The molecule has 1 rings (SSSR count). The molecule has 0 saturated heterocycles. The molecule has 1 aromatic rings. The fourth-order valence-corrected chi connectivity index (χ4v) is 1.45. The number of halogens is 3. The van der Waals surface area contributed by atoms with E-state index in [0.717, 1.165) is 0 Å². The SMILES string of the molecule is Cc1noc(C(C)C)c1C(=O)NCC(O)C(F)(F)F. The number of hydrogen-bond donors (Lipinski definition) is 2. The van der Waals surface area contributed by atoms with Crippen molar-refractivity contribution in [2.75, 3.05) is 6.54 Å². The number of aromatic nitrogens is 1. The zero-order valence-electron chi connectivity index (χ0n) is 10.7. The Morgan fingerprint density at radius 2 is 2.05 bits per heavy atom. The van der Waals surface area contributed by atoms with Crippen LogP contribution < -0.4 is 5.32 Å². The quantitative estimate of drug-likeness (QED) is 0.881. The summed E-state index contributed by atoms with van der Waals surface area (Å²) in [6.07, 6.45) is -7.36. The molecule has 1 heterocycles. The Bertz CT molecular complexity index is 455. The Balaban J connectivity index is 2.77. The van der Waals surface area contributed by atoms with Crippen molar-refractivity contribution >= 4 is 5.91 Å². The summed E-state index contributed by atoms with van der Waals surface area (Å²) in [5.74, 6) is -0.572. The van der Waals surface area contributed by atoms with Gasteiger partial charge in [0.2, 0.25) is 0 Å². The molecule has 0 aliphatic rings. The molecule has 1 aromatic heterocycles. The van der Waals surface area contributed by atoms with Gasteiger partial charge in [-0.3, -0.25) is 4.79 Å². The van der Waals surface area contributed by atoms with E-state index < -0.39 is 24.7 Å². The van der Waals surface area contributed by atoms with Crippen molar-refractivity contribution in [2.45, 2.75) is 39.0 Å². The molecule has 0 aliphatic heterocycles. The molecule has 2 N–H and O–H groups in total. The van der Waals surface area contributed by atoms with E-state index in [1.165, 1.54) is 6.92 Å². The molecule has 19 heavy (non-hydrogen) atoms. The van der Waals surface area contributed by atoms with E-state index in [4.69, 9.17) is 9.63 Å². The number of alkyl halides is 3. The molecule has 8 heteroatoms. The molecule has 0 bridgehead atoms. The number of hydrogen-bond acceptors (Lipinski definition) is 4. The average Bonchev–Trinajstić information content (AvgIpc) is 2.66. The summed E-state index contributed by atoms with van der Waals surface area (Å²) in [4.78, 5) is 11.8. The Hall–Kier alpha value is -1.57. The average molecular weight is 280 g/mol. The number of carbonyl (C=O) groups excluding carboxylic acids is 1. The van der Waals surface area contributed by atoms with Crippen LogP contribution in [0.4, 0.5) is 13.2 Å². The van der Waals surface area contributed by atoms with Crippen LogP contribution in [-0.2, 0) is 0 Å². The molecule has 0 fully saturated rings. The van der Waals surface area contributed by atoms with Crippen molar-refractivity contribution in [3.63, 3.8) is 0 Å². The molecule has 0 spiro atoms. The third kappa shape index (κ3) is 3.69. The number of aliphatic hydroxyl groups excluding tert-OH is 1. The Kier molecular flexibility index (Phi) is 4.56. The molecule has 0 aromatic carbocycles. The Labute approximate surface area is 107 Å². The normalized spacial score (nSPS) is 13.7. The standard InChI is InChI=1S/C11H15F3N2O3/c1-5(2)9-8(6(3)16-19-9)10(18)15-4-7(17)11(12,13)14/h5,7,17H,4H2,1-3H3,(H,15,18). The second-order valence-corrected chi connectivity index (χ2v) is 4.43. The van der Waals surface area contributed by atoms with Crippen LogP contribution in [0.2, 0.25) is 0 Å². The first-order valence-electron chi connectivity index (χ1n) is 5.63. The van der Waals surface area contributed by atoms with E-state index in [2.05, 4.69) is 5.16 Å². The van der Waals surface area contributed by atoms with E-state index in [0.29, 0.717) is 11.5 Å². The largest absolute Gasteiger partial charge is 0.416 e. The van der Waals surface area contributed by atoms with E-state index in [-0.39, 0.29) is 11.5 Å². The van der Waals surface area contributed by atoms with E-state index in [9.17, 15) is 18.0 Å². The third-order valence-corrected chi connectivity index (χ3v) is 2.47. The minimum absolute atomic E-state index is 0.115. The number of aryl methyl sites for hydroxylation is 1. The Morgan fingerprint density at radius 3 is 2.53 bits per heavy atom. The van der Waals surface area contributed by atoms with Crippen LogP contribution in [0, 0.1) is 6.92 Å². The van der Waals surface area contributed by atoms with Gasteiger partial charge in [0, 0.05) is 5.92 Å². The van der Waals surface area contributed by atoms with Crippen molar-refractivity contribution in [3.05, 3.63) is 17.0 Å². The minimum Gasteiger partial charge on any atom is -0.382 e. The first-order valence-corrected chi connectivity index (χ1v) is 5.63. The fourth-order valence-electron chi connectivity index (χ4n) is 1.45. The van der Waals surface area contributed by atoms with Crippen LogP contribution in [-0.4, -0.2) is 35.0 Å². The van der Waals surface area contributed by atoms with E-state index in [1.807, 2.05) is 5.32 Å². The van der Waals surface area contributed by atoms with Crippen LogP contribution >= 0.6 is 0 Å². The van der Waals surface area contributed by atoms with Gasteiger partial charge in [-0.15, -0.1) is 0 Å². The molecule has 1 amide bonds. The highest BCUT2D eigenvalue weighted by Crippen LogP contribution is 2.23. The predicted molar refractivity (Wildman–Crippen MR) is 59.7 cm³/mol. The Morgan fingerprint density at radius 1 is 1.47 bits per heavy atom. The monoisotopic (exact) mass is 280 g/mol. The fraction of sp³-hybridized carbons (Fsp3) is 0.636. The van der Waals surface area contributed by atoms with Crippen LogP contribution in [0.5, 0.6) is 0 Å². The summed E-state index contributed by atoms with van der Waals surface area (Å²) in [5, 5.41) is 14.4.